The van der Waals surface area contributed by atoms with Crippen LogP contribution in [0.2, 0.25) is 0 Å². The number of aromatic amines is 1. The van der Waals surface area contributed by atoms with Gasteiger partial charge in [0, 0.05) is 17.3 Å². The second-order valence-electron chi connectivity index (χ2n) is 3.50. The lowest BCUT2D eigenvalue weighted by Crippen LogP contribution is -2.12. The van der Waals surface area contributed by atoms with Gasteiger partial charge in [-0.1, -0.05) is 0 Å². The van der Waals surface area contributed by atoms with Crippen LogP contribution in [0.4, 0.5) is 13.2 Å². The maximum Gasteiger partial charge on any atom is 0.345 e. The van der Waals surface area contributed by atoms with Crippen LogP contribution in [-0.2, 0) is 0 Å². The zero-order valence-electron chi connectivity index (χ0n) is 8.72. The topological polar surface area (TPSA) is 45.8 Å². The van der Waals surface area contributed by atoms with Crippen LogP contribution >= 0.6 is 0 Å². The molecule has 17 heavy (non-hydrogen) atoms. The van der Waals surface area contributed by atoms with Gasteiger partial charge in [0.05, 0.1) is 5.69 Å². The largest absolute Gasteiger partial charge is 0.345 e. The molecule has 1 aromatic heterocycles. The minimum atomic E-state index is -1.28. The summed E-state index contributed by atoms with van der Waals surface area (Å²) >= 11 is 0. The molecule has 1 heterocycles. The molecule has 0 aliphatic rings. The van der Waals surface area contributed by atoms with Crippen molar-refractivity contribution in [1.82, 2.24) is 9.97 Å². The second-order valence-corrected chi connectivity index (χ2v) is 3.50. The molecule has 0 spiro atoms. The molecule has 2 aromatic rings. The van der Waals surface area contributed by atoms with Gasteiger partial charge in [-0.2, -0.15) is 4.98 Å². The highest BCUT2D eigenvalue weighted by Gasteiger charge is 2.13. The summed E-state index contributed by atoms with van der Waals surface area (Å²) in [5, 5.41) is 0. The SMILES string of the molecule is Cc1cc(-c2cc(F)c(F)cc2F)nc(=O)[nH]1. The predicted molar refractivity (Wildman–Crippen MR) is 54.9 cm³/mol. The molecule has 0 radical (unpaired) electrons. The molecule has 0 fully saturated rings. The highest BCUT2D eigenvalue weighted by atomic mass is 19.2. The van der Waals surface area contributed by atoms with Crippen LogP contribution in [0.3, 0.4) is 0 Å². The molecule has 1 N–H and O–H groups in total. The van der Waals surface area contributed by atoms with Gasteiger partial charge in [0.25, 0.3) is 0 Å². The minimum absolute atomic E-state index is 0.0392. The minimum Gasteiger partial charge on any atom is -0.310 e. The lowest BCUT2D eigenvalue weighted by molar-refractivity contribution is 0.496. The van der Waals surface area contributed by atoms with E-state index < -0.39 is 23.1 Å². The first-order valence-electron chi connectivity index (χ1n) is 4.70. The van der Waals surface area contributed by atoms with Gasteiger partial charge in [-0.15, -0.1) is 0 Å². The maximum absolute atomic E-state index is 13.4. The lowest BCUT2D eigenvalue weighted by atomic mass is 10.1. The van der Waals surface area contributed by atoms with Gasteiger partial charge < -0.3 is 4.98 Å². The van der Waals surface area contributed by atoms with E-state index in [9.17, 15) is 18.0 Å². The van der Waals surface area contributed by atoms with Crippen molar-refractivity contribution in [2.24, 2.45) is 0 Å². The van der Waals surface area contributed by atoms with E-state index >= 15 is 0 Å². The fourth-order valence-corrected chi connectivity index (χ4v) is 1.44. The molecule has 0 saturated carbocycles. The number of hydrogen-bond donors (Lipinski definition) is 1. The number of nitrogens with one attached hydrogen (secondary N) is 1. The number of rotatable bonds is 1. The summed E-state index contributed by atoms with van der Waals surface area (Å²) in [5.74, 6) is -3.45. The Morgan fingerprint density at radius 1 is 1.06 bits per heavy atom. The highest BCUT2D eigenvalue weighted by molar-refractivity contribution is 5.59. The Morgan fingerprint density at radius 3 is 2.35 bits per heavy atom. The molecule has 3 nitrogen and oxygen atoms in total. The average Bonchev–Trinajstić information content (AvgIpc) is 2.22. The molecule has 0 bridgehead atoms. The first-order chi connectivity index (χ1) is 7.97. The molecule has 2 rings (SSSR count). The molecule has 6 heteroatoms. The molecule has 0 amide bonds. The van der Waals surface area contributed by atoms with E-state index in [0.29, 0.717) is 17.8 Å². The summed E-state index contributed by atoms with van der Waals surface area (Å²) < 4.78 is 39.1. The van der Waals surface area contributed by atoms with Gasteiger partial charge in [-0.25, -0.2) is 18.0 Å². The maximum atomic E-state index is 13.4. The van der Waals surface area contributed by atoms with Gasteiger partial charge in [0.15, 0.2) is 11.6 Å². The number of hydrogen-bond acceptors (Lipinski definition) is 2. The molecular weight excluding hydrogens is 233 g/mol. The van der Waals surface area contributed by atoms with Crippen molar-refractivity contribution in [3.8, 4) is 11.3 Å². The van der Waals surface area contributed by atoms with E-state index in [0.717, 1.165) is 0 Å². The Hall–Kier alpha value is -2.11. The van der Waals surface area contributed by atoms with Crippen LogP contribution in [0, 0.1) is 24.4 Å². The number of benzene rings is 1. The fraction of sp³-hybridized carbons (Fsp3) is 0.0909. The Balaban J connectivity index is 2.68. The van der Waals surface area contributed by atoms with Crippen molar-refractivity contribution in [1.29, 1.82) is 0 Å². The van der Waals surface area contributed by atoms with Crippen LogP contribution in [0.25, 0.3) is 11.3 Å². The third-order valence-electron chi connectivity index (χ3n) is 2.17. The Morgan fingerprint density at radius 2 is 1.71 bits per heavy atom. The second kappa shape index (κ2) is 4.04. The molecule has 88 valence electrons. The van der Waals surface area contributed by atoms with Crippen LogP contribution < -0.4 is 5.69 Å². The Bertz CT molecular complexity index is 637. The summed E-state index contributed by atoms with van der Waals surface area (Å²) in [5.41, 5.74) is -0.519. The normalized spacial score (nSPS) is 10.6. The first-order valence-corrected chi connectivity index (χ1v) is 4.70. The molecule has 1 aromatic carbocycles. The molecule has 0 aliphatic carbocycles. The van der Waals surface area contributed by atoms with Crippen molar-refractivity contribution in [3.63, 3.8) is 0 Å². The molecule has 0 saturated heterocycles. The number of nitrogens with zero attached hydrogens (tertiary/aromatic N) is 1. The lowest BCUT2D eigenvalue weighted by Gasteiger charge is -2.04. The molecular formula is C11H7F3N2O. The summed E-state index contributed by atoms with van der Waals surface area (Å²) in [6.07, 6.45) is 0. The van der Waals surface area contributed by atoms with E-state index in [-0.39, 0.29) is 11.3 Å². The smallest absolute Gasteiger partial charge is 0.310 e. The van der Waals surface area contributed by atoms with E-state index in [2.05, 4.69) is 9.97 Å². The molecule has 0 aliphatic heterocycles. The van der Waals surface area contributed by atoms with Gasteiger partial charge >= 0.3 is 5.69 Å². The van der Waals surface area contributed by atoms with E-state index in [1.807, 2.05) is 0 Å². The van der Waals surface area contributed by atoms with Crippen LogP contribution in [0.15, 0.2) is 23.0 Å². The average molecular weight is 240 g/mol. The van der Waals surface area contributed by atoms with Gasteiger partial charge in [-0.3, -0.25) is 0 Å². The van der Waals surface area contributed by atoms with Crippen molar-refractivity contribution in [2.75, 3.05) is 0 Å². The van der Waals surface area contributed by atoms with Gasteiger partial charge in [0.2, 0.25) is 0 Å². The monoisotopic (exact) mass is 240 g/mol. The van der Waals surface area contributed by atoms with Crippen molar-refractivity contribution < 1.29 is 13.2 Å². The van der Waals surface area contributed by atoms with Crippen LogP contribution in [-0.4, -0.2) is 9.97 Å². The summed E-state index contributed by atoms with van der Waals surface area (Å²) in [7, 11) is 0. The standard InChI is InChI=1S/C11H7F3N2O/c1-5-2-10(16-11(17)15-5)6-3-8(13)9(14)4-7(6)12/h2-4H,1H3,(H,15,16,17). The third kappa shape index (κ3) is 2.20. The van der Waals surface area contributed by atoms with Crippen molar-refractivity contribution in [3.05, 3.63) is 51.8 Å². The highest BCUT2D eigenvalue weighted by Crippen LogP contribution is 2.22. The summed E-state index contributed by atoms with van der Waals surface area (Å²) in [4.78, 5) is 17.0. The van der Waals surface area contributed by atoms with E-state index in [1.165, 1.54) is 6.07 Å². The Kier molecular flexibility index (Phi) is 2.71. The Labute approximate surface area is 94.0 Å². The number of halogens is 3. The fourth-order valence-electron chi connectivity index (χ4n) is 1.44. The predicted octanol–water partition coefficient (Wildman–Crippen LogP) is 2.16. The van der Waals surface area contributed by atoms with Crippen molar-refractivity contribution in [2.45, 2.75) is 6.92 Å². The third-order valence-corrected chi connectivity index (χ3v) is 2.17. The zero-order valence-corrected chi connectivity index (χ0v) is 8.72. The van der Waals surface area contributed by atoms with Crippen LogP contribution in [0.1, 0.15) is 5.69 Å². The quantitative estimate of drug-likeness (QED) is 0.776. The van der Waals surface area contributed by atoms with Gasteiger partial charge in [0.1, 0.15) is 5.82 Å². The first kappa shape index (κ1) is 11.4. The summed E-state index contributed by atoms with van der Waals surface area (Å²) in [6, 6.07) is 2.46. The van der Waals surface area contributed by atoms with Crippen molar-refractivity contribution >= 4 is 0 Å². The number of aryl methyl sites for hydroxylation is 1. The van der Waals surface area contributed by atoms with E-state index in [1.54, 1.807) is 6.92 Å². The summed E-state index contributed by atoms with van der Waals surface area (Å²) in [6.45, 7) is 1.57. The molecule has 0 atom stereocenters. The zero-order chi connectivity index (χ0) is 12.6. The van der Waals surface area contributed by atoms with Gasteiger partial charge in [-0.05, 0) is 19.1 Å². The number of H-pyrrole nitrogens is 1. The van der Waals surface area contributed by atoms with E-state index in [4.69, 9.17) is 0 Å². The number of aromatic nitrogens is 2. The van der Waals surface area contributed by atoms with Crippen LogP contribution in [0.5, 0.6) is 0 Å². The molecule has 0 unspecified atom stereocenters.